The van der Waals surface area contributed by atoms with E-state index in [9.17, 15) is 4.55 Å². The SMILES string of the molecule is C[C@@H](Cc1ccc(OCc2ccccc2)c(OCc2ccccc2)c1)N[S+]([O-])C(C)(C)C. The predicted molar refractivity (Wildman–Crippen MR) is 132 cm³/mol. The summed E-state index contributed by atoms with van der Waals surface area (Å²) in [6.45, 7) is 8.90. The van der Waals surface area contributed by atoms with E-state index in [1.54, 1.807) is 0 Å². The highest BCUT2D eigenvalue weighted by atomic mass is 32.2. The van der Waals surface area contributed by atoms with E-state index in [0.29, 0.717) is 24.7 Å². The van der Waals surface area contributed by atoms with Crippen molar-refractivity contribution < 1.29 is 14.0 Å². The smallest absolute Gasteiger partial charge is 0.161 e. The average molecular weight is 452 g/mol. The number of hydrogen-bond acceptors (Lipinski definition) is 4. The van der Waals surface area contributed by atoms with Crippen LogP contribution in [-0.4, -0.2) is 15.3 Å². The van der Waals surface area contributed by atoms with Gasteiger partial charge in [-0.05, 0) is 62.9 Å². The first-order chi connectivity index (χ1) is 15.3. The molecule has 0 aliphatic carbocycles. The number of nitrogens with one attached hydrogen (secondary N) is 1. The lowest BCUT2D eigenvalue weighted by molar-refractivity contribution is 0.255. The van der Waals surface area contributed by atoms with E-state index in [-0.39, 0.29) is 10.8 Å². The zero-order valence-electron chi connectivity index (χ0n) is 19.3. The van der Waals surface area contributed by atoms with Gasteiger partial charge in [-0.3, -0.25) is 0 Å². The minimum absolute atomic E-state index is 0.0631. The summed E-state index contributed by atoms with van der Waals surface area (Å²) in [5, 5.41) is 0. The van der Waals surface area contributed by atoms with Gasteiger partial charge in [-0.25, -0.2) is 0 Å². The number of ether oxygens (including phenoxy) is 2. The molecule has 0 aromatic heterocycles. The number of hydrogen-bond donors (Lipinski definition) is 1. The highest BCUT2D eigenvalue weighted by Gasteiger charge is 2.28. The van der Waals surface area contributed by atoms with E-state index in [2.05, 4.69) is 4.72 Å². The van der Waals surface area contributed by atoms with Crippen LogP contribution in [-0.2, 0) is 31.0 Å². The fourth-order valence-corrected chi connectivity index (χ4v) is 3.94. The van der Waals surface area contributed by atoms with E-state index < -0.39 is 11.4 Å². The van der Waals surface area contributed by atoms with Gasteiger partial charge in [-0.15, -0.1) is 4.72 Å². The Bertz CT molecular complexity index is 958. The lowest BCUT2D eigenvalue weighted by atomic mass is 10.1. The molecule has 0 bridgehead atoms. The molecule has 0 saturated heterocycles. The first-order valence-corrected chi connectivity index (χ1v) is 12.1. The minimum Gasteiger partial charge on any atom is -0.598 e. The maximum Gasteiger partial charge on any atom is 0.161 e. The standard InChI is InChI=1S/C27H33NO3S/c1-21(28-32(29)27(2,3)4)17-24-15-16-25(30-19-22-11-7-5-8-12-22)26(18-24)31-20-23-13-9-6-10-14-23/h5-16,18,21,28H,17,19-20H2,1-4H3/t21-,32?/m0/s1. The van der Waals surface area contributed by atoms with Gasteiger partial charge in [0, 0.05) is 11.4 Å². The molecule has 0 spiro atoms. The Kier molecular flexibility index (Phi) is 8.62. The Morgan fingerprint density at radius 2 is 1.31 bits per heavy atom. The maximum absolute atomic E-state index is 12.4. The zero-order valence-corrected chi connectivity index (χ0v) is 20.2. The van der Waals surface area contributed by atoms with Crippen LogP contribution in [0, 0.1) is 0 Å². The van der Waals surface area contributed by atoms with Crippen molar-refractivity contribution in [3.63, 3.8) is 0 Å². The van der Waals surface area contributed by atoms with Gasteiger partial charge in [0.15, 0.2) is 11.5 Å². The molecule has 5 heteroatoms. The van der Waals surface area contributed by atoms with Gasteiger partial charge in [0.25, 0.3) is 0 Å². The van der Waals surface area contributed by atoms with Crippen molar-refractivity contribution in [3.8, 4) is 11.5 Å². The average Bonchev–Trinajstić information content (AvgIpc) is 2.77. The van der Waals surface area contributed by atoms with Crippen molar-refractivity contribution in [1.82, 2.24) is 4.72 Å². The molecule has 0 radical (unpaired) electrons. The van der Waals surface area contributed by atoms with Gasteiger partial charge in [-0.1, -0.05) is 66.7 Å². The molecule has 0 aliphatic heterocycles. The molecule has 0 fully saturated rings. The molecule has 0 amide bonds. The molecule has 3 rings (SSSR count). The van der Waals surface area contributed by atoms with Crippen molar-refractivity contribution in [2.24, 2.45) is 0 Å². The molecular weight excluding hydrogens is 418 g/mol. The van der Waals surface area contributed by atoms with E-state index >= 15 is 0 Å². The summed E-state index contributed by atoms with van der Waals surface area (Å²) in [7, 11) is 0. The fourth-order valence-electron chi connectivity index (χ4n) is 3.14. The highest BCUT2D eigenvalue weighted by molar-refractivity contribution is 7.90. The summed E-state index contributed by atoms with van der Waals surface area (Å²) in [6, 6.07) is 26.3. The molecule has 0 aliphatic rings. The molecule has 3 aromatic carbocycles. The third kappa shape index (κ3) is 7.59. The van der Waals surface area contributed by atoms with Crippen LogP contribution in [0.5, 0.6) is 11.5 Å². The lowest BCUT2D eigenvalue weighted by Crippen LogP contribution is -2.44. The summed E-state index contributed by atoms with van der Waals surface area (Å²) >= 11 is -1.11. The second-order valence-corrected chi connectivity index (χ2v) is 10.9. The van der Waals surface area contributed by atoms with Crippen LogP contribution in [0.3, 0.4) is 0 Å². The Balaban J connectivity index is 1.72. The summed E-state index contributed by atoms with van der Waals surface area (Å²) in [5.74, 6) is 1.43. The number of rotatable bonds is 10. The molecule has 0 saturated carbocycles. The Labute approximate surface area is 195 Å². The van der Waals surface area contributed by atoms with Crippen LogP contribution in [0.4, 0.5) is 0 Å². The van der Waals surface area contributed by atoms with E-state index in [0.717, 1.165) is 23.1 Å². The first-order valence-electron chi connectivity index (χ1n) is 11.0. The summed E-state index contributed by atoms with van der Waals surface area (Å²) < 4.78 is 27.6. The Hall–Kier alpha value is -2.47. The predicted octanol–water partition coefficient (Wildman–Crippen LogP) is 5.83. The quantitative estimate of drug-likeness (QED) is 0.394. The van der Waals surface area contributed by atoms with Gasteiger partial charge in [0.05, 0.1) is 6.04 Å². The third-order valence-corrected chi connectivity index (χ3v) is 6.62. The molecule has 32 heavy (non-hydrogen) atoms. The van der Waals surface area contributed by atoms with Crippen LogP contribution in [0.1, 0.15) is 44.4 Å². The summed E-state index contributed by atoms with van der Waals surface area (Å²) in [4.78, 5) is 0. The van der Waals surface area contributed by atoms with Crippen LogP contribution < -0.4 is 14.2 Å². The minimum atomic E-state index is -1.11. The van der Waals surface area contributed by atoms with Crippen molar-refractivity contribution in [3.05, 3.63) is 95.6 Å². The Morgan fingerprint density at radius 3 is 1.84 bits per heavy atom. The van der Waals surface area contributed by atoms with E-state index in [1.165, 1.54) is 0 Å². The van der Waals surface area contributed by atoms with Crippen molar-refractivity contribution in [2.45, 2.75) is 58.1 Å². The first kappa shape index (κ1) is 24.2. The highest BCUT2D eigenvalue weighted by Crippen LogP contribution is 2.31. The van der Waals surface area contributed by atoms with Crippen molar-refractivity contribution >= 4 is 11.4 Å². The van der Waals surface area contributed by atoms with Gasteiger partial charge in [-0.2, -0.15) is 0 Å². The van der Waals surface area contributed by atoms with Gasteiger partial charge < -0.3 is 14.0 Å². The summed E-state index contributed by atoms with van der Waals surface area (Å²) in [6.07, 6.45) is 0.739. The van der Waals surface area contributed by atoms with Crippen LogP contribution >= 0.6 is 0 Å². The van der Waals surface area contributed by atoms with Gasteiger partial charge in [0.1, 0.15) is 18.0 Å². The molecular formula is C27H33NO3S. The second-order valence-electron chi connectivity index (χ2n) is 8.93. The van der Waals surface area contributed by atoms with Gasteiger partial charge >= 0.3 is 0 Å². The molecule has 4 nitrogen and oxygen atoms in total. The molecule has 2 atom stereocenters. The fraction of sp³-hybridized carbons (Fsp3) is 0.333. The molecule has 1 N–H and O–H groups in total. The molecule has 1 unspecified atom stereocenters. The molecule has 170 valence electrons. The topological polar surface area (TPSA) is 53.5 Å². The van der Waals surface area contributed by atoms with Crippen molar-refractivity contribution in [2.75, 3.05) is 0 Å². The van der Waals surface area contributed by atoms with Crippen molar-refractivity contribution in [1.29, 1.82) is 0 Å². The van der Waals surface area contributed by atoms with Crippen LogP contribution in [0.15, 0.2) is 78.9 Å². The maximum atomic E-state index is 12.4. The third-order valence-electron chi connectivity index (χ3n) is 4.89. The molecule has 0 heterocycles. The molecule has 3 aromatic rings. The van der Waals surface area contributed by atoms with Gasteiger partial charge in [0.2, 0.25) is 0 Å². The van der Waals surface area contributed by atoms with E-state index in [4.69, 9.17) is 9.47 Å². The summed E-state index contributed by atoms with van der Waals surface area (Å²) in [5.41, 5.74) is 3.31. The monoisotopic (exact) mass is 451 g/mol. The largest absolute Gasteiger partial charge is 0.598 e. The van der Waals surface area contributed by atoms with Crippen LogP contribution in [0.2, 0.25) is 0 Å². The number of benzene rings is 3. The van der Waals surface area contributed by atoms with Crippen LogP contribution in [0.25, 0.3) is 0 Å². The normalized spacial score (nSPS) is 13.4. The second kappa shape index (κ2) is 11.4. The Morgan fingerprint density at radius 1 is 0.781 bits per heavy atom. The lowest BCUT2D eigenvalue weighted by Gasteiger charge is -2.26. The zero-order chi connectivity index (χ0) is 23.0. The van der Waals surface area contributed by atoms with E-state index in [1.807, 2.05) is 107 Å².